The molecule has 94 valence electrons. The molecule has 0 spiro atoms. The van der Waals surface area contributed by atoms with Crippen molar-refractivity contribution in [2.75, 3.05) is 6.54 Å². The lowest BCUT2D eigenvalue weighted by Crippen LogP contribution is -2.32. The first-order valence-electron chi connectivity index (χ1n) is 6.07. The monoisotopic (exact) mass is 237 g/mol. The summed E-state index contributed by atoms with van der Waals surface area (Å²) in [4.78, 5) is 12.8. The number of hydrogen-bond acceptors (Lipinski definition) is 3. The Labute approximate surface area is 101 Å². The maximum atomic E-state index is 10.8. The molecule has 0 radical (unpaired) electrons. The second-order valence-electron chi connectivity index (χ2n) is 4.63. The van der Waals surface area contributed by atoms with Gasteiger partial charge in [-0.15, -0.1) is 0 Å². The van der Waals surface area contributed by atoms with Crippen LogP contribution in [0.4, 0.5) is 0 Å². The molecule has 1 heterocycles. The average molecular weight is 237 g/mol. The van der Waals surface area contributed by atoms with E-state index in [4.69, 9.17) is 5.11 Å². The molecule has 1 aliphatic carbocycles. The Hall–Kier alpha value is -1.36. The second-order valence-corrected chi connectivity index (χ2v) is 4.63. The van der Waals surface area contributed by atoms with Crippen molar-refractivity contribution in [2.45, 2.75) is 38.8 Å². The number of rotatable bonds is 6. The summed E-state index contributed by atoms with van der Waals surface area (Å²) in [7, 11) is 1.92. The third-order valence-electron chi connectivity index (χ3n) is 3.16. The predicted octanol–water partition coefficient (Wildman–Crippen LogP) is 1.03. The van der Waals surface area contributed by atoms with Crippen LogP contribution in [0, 0.1) is 0 Å². The quantitative estimate of drug-likeness (QED) is 0.803. The fourth-order valence-corrected chi connectivity index (χ4v) is 2.03. The molecule has 5 heteroatoms. The summed E-state index contributed by atoms with van der Waals surface area (Å²) in [5, 5.41) is 13.3. The SMILES string of the molecule is CCc1cc(CN(CC(=O)O)C2CC2)n(C)n1. The minimum Gasteiger partial charge on any atom is -0.480 e. The fourth-order valence-electron chi connectivity index (χ4n) is 2.03. The summed E-state index contributed by atoms with van der Waals surface area (Å²) >= 11 is 0. The largest absolute Gasteiger partial charge is 0.480 e. The van der Waals surface area contributed by atoms with E-state index in [0.717, 1.165) is 30.7 Å². The zero-order chi connectivity index (χ0) is 12.4. The van der Waals surface area contributed by atoms with Crippen LogP contribution in [0.25, 0.3) is 0 Å². The molecule has 17 heavy (non-hydrogen) atoms. The topological polar surface area (TPSA) is 58.4 Å². The van der Waals surface area contributed by atoms with Gasteiger partial charge in [-0.25, -0.2) is 0 Å². The van der Waals surface area contributed by atoms with Crippen molar-refractivity contribution in [3.63, 3.8) is 0 Å². The first kappa shape index (κ1) is 12.1. The van der Waals surface area contributed by atoms with Crippen molar-refractivity contribution in [3.8, 4) is 0 Å². The number of aryl methyl sites for hydroxylation is 2. The van der Waals surface area contributed by atoms with Gasteiger partial charge >= 0.3 is 5.97 Å². The summed E-state index contributed by atoms with van der Waals surface area (Å²) in [6.45, 7) is 2.87. The lowest BCUT2D eigenvalue weighted by atomic mass is 10.3. The van der Waals surface area contributed by atoms with E-state index in [2.05, 4.69) is 18.1 Å². The summed E-state index contributed by atoms with van der Waals surface area (Å²) in [5.41, 5.74) is 2.16. The lowest BCUT2D eigenvalue weighted by molar-refractivity contribution is -0.138. The van der Waals surface area contributed by atoms with Crippen LogP contribution in [0.3, 0.4) is 0 Å². The first-order valence-corrected chi connectivity index (χ1v) is 6.07. The summed E-state index contributed by atoms with van der Waals surface area (Å²) in [5.74, 6) is -0.755. The molecule has 0 amide bonds. The molecule has 0 bridgehead atoms. The van der Waals surface area contributed by atoms with E-state index in [9.17, 15) is 4.79 Å². The zero-order valence-electron chi connectivity index (χ0n) is 10.4. The van der Waals surface area contributed by atoms with E-state index < -0.39 is 5.97 Å². The molecular weight excluding hydrogens is 218 g/mol. The van der Waals surface area contributed by atoms with Crippen molar-refractivity contribution >= 4 is 5.97 Å². The van der Waals surface area contributed by atoms with E-state index in [1.54, 1.807) is 0 Å². The summed E-state index contributed by atoms with van der Waals surface area (Å²) < 4.78 is 1.86. The van der Waals surface area contributed by atoms with E-state index in [1.165, 1.54) is 0 Å². The van der Waals surface area contributed by atoms with Crippen LogP contribution in [0.2, 0.25) is 0 Å². The molecule has 1 aromatic heterocycles. The van der Waals surface area contributed by atoms with Crippen LogP contribution in [0.5, 0.6) is 0 Å². The molecule has 1 N–H and O–H groups in total. The number of carboxylic acid groups (broad SMARTS) is 1. The van der Waals surface area contributed by atoms with Crippen LogP contribution in [0.1, 0.15) is 31.2 Å². The third-order valence-corrected chi connectivity index (χ3v) is 3.16. The van der Waals surface area contributed by atoms with Gasteiger partial charge in [-0.1, -0.05) is 6.92 Å². The Kier molecular flexibility index (Phi) is 3.47. The van der Waals surface area contributed by atoms with Gasteiger partial charge in [0.25, 0.3) is 0 Å². The zero-order valence-corrected chi connectivity index (χ0v) is 10.4. The highest BCUT2D eigenvalue weighted by atomic mass is 16.4. The molecular formula is C12H19N3O2. The molecule has 0 aromatic carbocycles. The smallest absolute Gasteiger partial charge is 0.317 e. The lowest BCUT2D eigenvalue weighted by Gasteiger charge is -2.19. The highest BCUT2D eigenvalue weighted by Crippen LogP contribution is 2.28. The molecule has 5 nitrogen and oxygen atoms in total. The van der Waals surface area contributed by atoms with Crippen molar-refractivity contribution in [3.05, 3.63) is 17.5 Å². The van der Waals surface area contributed by atoms with Crippen LogP contribution in [-0.2, 0) is 24.8 Å². The molecule has 0 atom stereocenters. The van der Waals surface area contributed by atoms with E-state index >= 15 is 0 Å². The van der Waals surface area contributed by atoms with Crippen LogP contribution >= 0.6 is 0 Å². The molecule has 1 aromatic rings. The molecule has 2 rings (SSSR count). The Bertz CT molecular complexity index is 410. The van der Waals surface area contributed by atoms with Crippen molar-refractivity contribution in [1.29, 1.82) is 0 Å². The maximum Gasteiger partial charge on any atom is 0.317 e. The molecule has 0 aliphatic heterocycles. The Morgan fingerprint density at radius 3 is 2.82 bits per heavy atom. The molecule has 1 aliphatic rings. The number of aliphatic carboxylic acids is 1. The highest BCUT2D eigenvalue weighted by Gasteiger charge is 2.30. The van der Waals surface area contributed by atoms with Crippen LogP contribution < -0.4 is 0 Å². The van der Waals surface area contributed by atoms with Gasteiger partial charge in [-0.05, 0) is 25.3 Å². The minimum absolute atomic E-state index is 0.122. The highest BCUT2D eigenvalue weighted by molar-refractivity contribution is 5.69. The Morgan fingerprint density at radius 1 is 1.65 bits per heavy atom. The number of hydrogen-bond donors (Lipinski definition) is 1. The average Bonchev–Trinajstić information content (AvgIpc) is 3.04. The van der Waals surface area contributed by atoms with Gasteiger partial charge in [0, 0.05) is 19.6 Å². The Morgan fingerprint density at radius 2 is 2.35 bits per heavy atom. The fraction of sp³-hybridized carbons (Fsp3) is 0.667. The number of nitrogens with zero attached hydrogens (tertiary/aromatic N) is 3. The number of carboxylic acids is 1. The van der Waals surface area contributed by atoms with Crippen molar-refractivity contribution in [2.24, 2.45) is 7.05 Å². The normalized spacial score (nSPS) is 15.5. The van der Waals surface area contributed by atoms with Crippen molar-refractivity contribution < 1.29 is 9.90 Å². The Balaban J connectivity index is 2.05. The third kappa shape index (κ3) is 3.06. The molecule has 0 saturated heterocycles. The van der Waals surface area contributed by atoms with E-state index in [0.29, 0.717) is 12.6 Å². The standard InChI is InChI=1S/C12H19N3O2/c1-3-9-6-11(14(2)13-9)7-15(8-12(16)17)10-4-5-10/h6,10H,3-5,7-8H2,1-2H3,(H,16,17). The number of carbonyl (C=O) groups is 1. The van der Waals surface area contributed by atoms with E-state index in [-0.39, 0.29) is 6.54 Å². The predicted molar refractivity (Wildman–Crippen MR) is 63.7 cm³/mol. The van der Waals surface area contributed by atoms with Crippen LogP contribution in [-0.4, -0.2) is 38.3 Å². The van der Waals surface area contributed by atoms with Gasteiger partial charge in [0.15, 0.2) is 0 Å². The molecule has 0 unspecified atom stereocenters. The minimum atomic E-state index is -0.755. The summed E-state index contributed by atoms with van der Waals surface area (Å²) in [6, 6.07) is 2.52. The van der Waals surface area contributed by atoms with Gasteiger partial charge in [0.1, 0.15) is 0 Å². The van der Waals surface area contributed by atoms with Crippen molar-refractivity contribution in [1.82, 2.24) is 14.7 Å². The van der Waals surface area contributed by atoms with Gasteiger partial charge in [-0.2, -0.15) is 5.10 Å². The maximum absolute atomic E-state index is 10.8. The second kappa shape index (κ2) is 4.87. The van der Waals surface area contributed by atoms with Gasteiger partial charge < -0.3 is 5.11 Å². The van der Waals surface area contributed by atoms with E-state index in [1.807, 2.05) is 16.6 Å². The number of aromatic nitrogens is 2. The first-order chi connectivity index (χ1) is 8.10. The summed E-state index contributed by atoms with van der Waals surface area (Å²) in [6.07, 6.45) is 3.15. The van der Waals surface area contributed by atoms with Gasteiger partial charge in [-0.3, -0.25) is 14.4 Å². The molecule has 1 fully saturated rings. The van der Waals surface area contributed by atoms with Gasteiger partial charge in [0.05, 0.1) is 17.9 Å². The van der Waals surface area contributed by atoms with Gasteiger partial charge in [0.2, 0.25) is 0 Å². The molecule has 1 saturated carbocycles. The van der Waals surface area contributed by atoms with Crippen LogP contribution in [0.15, 0.2) is 6.07 Å².